The Labute approximate surface area is 204 Å². The highest BCUT2D eigenvalue weighted by Crippen LogP contribution is 2.51. The van der Waals surface area contributed by atoms with E-state index in [2.05, 4.69) is 15.6 Å². The monoisotopic (exact) mass is 514 g/mol. The number of benzene rings is 1. The molecule has 12 heteroatoms. The molecule has 4 rings (SSSR count). The van der Waals surface area contributed by atoms with Crippen molar-refractivity contribution in [3.63, 3.8) is 0 Å². The number of nitrogens with one attached hydrogen (secondary N) is 2. The number of ether oxygens (including phenoxy) is 2. The van der Waals surface area contributed by atoms with Crippen LogP contribution < -0.4 is 10.6 Å². The van der Waals surface area contributed by atoms with Gasteiger partial charge in [-0.15, -0.1) is 10.8 Å². The highest BCUT2D eigenvalue weighted by molar-refractivity contribution is 8.22. The van der Waals surface area contributed by atoms with Gasteiger partial charge in [0.1, 0.15) is 0 Å². The number of amides is 1. The first-order chi connectivity index (χ1) is 16.4. The van der Waals surface area contributed by atoms with Crippen molar-refractivity contribution in [3.8, 4) is 0 Å². The van der Waals surface area contributed by atoms with E-state index in [4.69, 9.17) is 9.47 Å². The molecule has 0 radical (unpaired) electrons. The van der Waals surface area contributed by atoms with Crippen molar-refractivity contribution in [1.82, 2.24) is 14.6 Å². The molecule has 34 heavy (non-hydrogen) atoms. The number of carbonyl (C=O) groups is 1. The molecule has 2 aromatic rings. The number of anilines is 1. The fraction of sp³-hybridized carbons (Fsp3) is 0.545. The average molecular weight is 515 g/mol. The zero-order chi connectivity index (χ0) is 24.1. The Hall–Kier alpha value is -1.64. The van der Waals surface area contributed by atoms with Crippen LogP contribution in [0.15, 0.2) is 35.4 Å². The number of piperazine rings is 1. The number of hydrogen-bond acceptors (Lipinski definition) is 9. The van der Waals surface area contributed by atoms with Gasteiger partial charge in [0.15, 0.2) is 10.3 Å². The van der Waals surface area contributed by atoms with Gasteiger partial charge in [-0.25, -0.2) is 4.98 Å². The van der Waals surface area contributed by atoms with Crippen LogP contribution in [0.2, 0.25) is 0 Å². The van der Waals surface area contributed by atoms with Gasteiger partial charge in [0.25, 0.3) is 0 Å². The van der Waals surface area contributed by atoms with Gasteiger partial charge in [-0.2, -0.15) is 8.70 Å². The number of halogens is 1. The summed E-state index contributed by atoms with van der Waals surface area (Å²) in [6.07, 6.45) is 1.84. The minimum absolute atomic E-state index is 0.100. The average Bonchev–Trinajstić information content (AvgIpc) is 3.51. The lowest BCUT2D eigenvalue weighted by Crippen LogP contribution is -2.44. The molecule has 2 fully saturated rings. The second kappa shape index (κ2) is 11.4. The summed E-state index contributed by atoms with van der Waals surface area (Å²) in [6, 6.07) is 6.77. The minimum atomic E-state index is -3.12. The topological polar surface area (TPSA) is 116 Å². The van der Waals surface area contributed by atoms with E-state index in [-0.39, 0.29) is 17.1 Å². The minimum Gasteiger partial charge on any atom is -0.379 e. The molecule has 2 saturated heterocycles. The van der Waals surface area contributed by atoms with E-state index >= 15 is 0 Å². The van der Waals surface area contributed by atoms with E-state index in [9.17, 15) is 18.3 Å². The lowest BCUT2D eigenvalue weighted by molar-refractivity contribution is -0.123. The maximum Gasteiger partial charge on any atom is 0.236 e. The maximum absolute atomic E-state index is 13.4. The van der Waals surface area contributed by atoms with Crippen molar-refractivity contribution in [1.29, 1.82) is 0 Å². The van der Waals surface area contributed by atoms with Gasteiger partial charge in [-0.1, -0.05) is 30.4 Å². The van der Waals surface area contributed by atoms with Crippen LogP contribution in [0, 0.1) is 5.13 Å². The van der Waals surface area contributed by atoms with Crippen LogP contribution in [-0.2, 0) is 14.3 Å². The predicted molar refractivity (Wildman–Crippen MR) is 130 cm³/mol. The molecule has 3 atom stereocenters. The number of hydrogen-bond donors (Lipinski definition) is 4. The Morgan fingerprint density at radius 3 is 2.71 bits per heavy atom. The van der Waals surface area contributed by atoms with E-state index in [1.54, 1.807) is 28.6 Å². The third kappa shape index (κ3) is 5.94. The standard InChI is InChI=1S/C22H31FN4O5S2/c1-2-18(32-16-7-12-31-14-16)20(21(28)26-22-25-13-19(23)33-22)15-3-5-17(6-4-15)34(29,30)27-10-8-24-9-11-27/h3-6,13,16,18,20,24,29-30H,2,7-12,14H2,1H3,(H,25,26,28)/t16-,18?,20?/m1/s1. The SMILES string of the molecule is CCC(O[C@@H]1CCOC1)C(C(=O)Nc1ncc(F)s1)c1ccc(S(O)(O)N2CCNCC2)cc1. The van der Waals surface area contributed by atoms with E-state index in [1.165, 1.54) is 0 Å². The molecule has 0 aliphatic carbocycles. The molecule has 1 amide bonds. The third-order valence-electron chi connectivity index (χ3n) is 6.01. The molecular weight excluding hydrogens is 483 g/mol. The summed E-state index contributed by atoms with van der Waals surface area (Å²) >= 11 is 0.759. The summed E-state index contributed by atoms with van der Waals surface area (Å²) in [4.78, 5) is 17.6. The van der Waals surface area contributed by atoms with E-state index in [0.29, 0.717) is 56.3 Å². The molecule has 3 heterocycles. The second-order valence-electron chi connectivity index (χ2n) is 8.27. The van der Waals surface area contributed by atoms with Crippen molar-refractivity contribution in [2.75, 3.05) is 44.7 Å². The smallest absolute Gasteiger partial charge is 0.236 e. The summed E-state index contributed by atoms with van der Waals surface area (Å²) in [7, 11) is -3.12. The molecule has 188 valence electrons. The first kappa shape index (κ1) is 25.5. The Bertz CT molecular complexity index is 949. The zero-order valence-electron chi connectivity index (χ0n) is 19.0. The van der Waals surface area contributed by atoms with Crippen molar-refractivity contribution in [2.24, 2.45) is 0 Å². The predicted octanol–water partition coefficient (Wildman–Crippen LogP) is 3.52. The van der Waals surface area contributed by atoms with Crippen molar-refractivity contribution in [2.45, 2.75) is 42.8 Å². The molecule has 9 nitrogen and oxygen atoms in total. The molecule has 2 unspecified atom stereocenters. The zero-order valence-corrected chi connectivity index (χ0v) is 20.6. The van der Waals surface area contributed by atoms with Crippen LogP contribution in [0.3, 0.4) is 0 Å². The van der Waals surface area contributed by atoms with E-state index in [0.717, 1.165) is 24.0 Å². The van der Waals surface area contributed by atoms with Crippen molar-refractivity contribution < 1.29 is 27.8 Å². The summed E-state index contributed by atoms with van der Waals surface area (Å²) in [6.45, 7) is 5.49. The fourth-order valence-corrected chi connectivity index (χ4v) is 6.25. The van der Waals surface area contributed by atoms with Gasteiger partial charge >= 0.3 is 0 Å². The van der Waals surface area contributed by atoms with Gasteiger partial charge in [-0.3, -0.25) is 13.9 Å². The van der Waals surface area contributed by atoms with Crippen molar-refractivity contribution in [3.05, 3.63) is 41.2 Å². The van der Waals surface area contributed by atoms with Crippen LogP contribution in [0.4, 0.5) is 9.52 Å². The van der Waals surface area contributed by atoms with Gasteiger partial charge in [0, 0.05) is 32.8 Å². The molecule has 2 aliphatic heterocycles. The molecule has 4 N–H and O–H groups in total. The molecule has 1 aromatic carbocycles. The maximum atomic E-state index is 13.4. The number of nitrogens with zero attached hydrogens (tertiary/aromatic N) is 2. The Morgan fingerprint density at radius 2 is 2.12 bits per heavy atom. The van der Waals surface area contributed by atoms with Crippen LogP contribution in [0.25, 0.3) is 0 Å². The van der Waals surface area contributed by atoms with Crippen LogP contribution in [0.1, 0.15) is 31.2 Å². The highest BCUT2D eigenvalue weighted by atomic mass is 32.3. The fourth-order valence-electron chi connectivity index (χ4n) is 4.21. The lowest BCUT2D eigenvalue weighted by Gasteiger charge is -2.44. The van der Waals surface area contributed by atoms with E-state index < -0.39 is 27.9 Å². The van der Waals surface area contributed by atoms with E-state index in [1.807, 2.05) is 6.92 Å². The van der Waals surface area contributed by atoms with Gasteiger partial charge < -0.3 is 20.1 Å². The molecule has 2 aliphatic rings. The van der Waals surface area contributed by atoms with Crippen LogP contribution >= 0.6 is 22.1 Å². The van der Waals surface area contributed by atoms with Crippen molar-refractivity contribution >= 4 is 33.2 Å². The Balaban J connectivity index is 1.58. The highest BCUT2D eigenvalue weighted by Gasteiger charge is 2.34. The third-order valence-corrected chi connectivity index (χ3v) is 8.70. The summed E-state index contributed by atoms with van der Waals surface area (Å²) < 4.78 is 48.5. The second-order valence-corrected chi connectivity index (χ2v) is 11.3. The van der Waals surface area contributed by atoms with Gasteiger partial charge in [0.2, 0.25) is 5.91 Å². The molecule has 0 spiro atoms. The Kier molecular flexibility index (Phi) is 8.53. The summed E-state index contributed by atoms with van der Waals surface area (Å²) in [5.74, 6) is -1.06. The van der Waals surface area contributed by atoms with Gasteiger partial charge in [-0.05, 0) is 30.5 Å². The lowest BCUT2D eigenvalue weighted by atomic mass is 9.90. The first-order valence-electron chi connectivity index (χ1n) is 11.4. The number of thiazole rings is 1. The first-order valence-corrected chi connectivity index (χ1v) is 13.7. The molecule has 1 aromatic heterocycles. The largest absolute Gasteiger partial charge is 0.379 e. The van der Waals surface area contributed by atoms with Crippen LogP contribution in [0.5, 0.6) is 0 Å². The van der Waals surface area contributed by atoms with Gasteiger partial charge in [0.05, 0.1) is 35.8 Å². The van der Waals surface area contributed by atoms with Crippen LogP contribution in [-0.4, -0.2) is 75.9 Å². The Morgan fingerprint density at radius 1 is 1.38 bits per heavy atom. The number of aromatic nitrogens is 1. The molecule has 0 saturated carbocycles. The molecular formula is C22H31FN4O5S2. The number of rotatable bonds is 9. The number of carbonyl (C=O) groups excluding carboxylic acids is 1. The molecule has 0 bridgehead atoms. The quantitative estimate of drug-likeness (QED) is 0.402. The normalized spacial score (nSPS) is 21.8. The summed E-state index contributed by atoms with van der Waals surface area (Å²) in [5, 5.41) is 5.60. The summed E-state index contributed by atoms with van der Waals surface area (Å²) in [5.41, 5.74) is 0.666.